The van der Waals surface area contributed by atoms with Crippen LogP contribution in [0.3, 0.4) is 0 Å². The molecule has 0 bridgehead atoms. The smallest absolute Gasteiger partial charge is 0.330 e. The monoisotopic (exact) mass is 527 g/mol. The maximum atomic E-state index is 15.0. The molecule has 2 aromatic carbocycles. The number of benzene rings is 2. The molecule has 1 aliphatic carbocycles. The number of anilines is 4. The van der Waals surface area contributed by atoms with Gasteiger partial charge in [-0.2, -0.15) is 4.98 Å². The largest absolute Gasteiger partial charge is 0.497 e. The lowest BCUT2D eigenvalue weighted by Crippen LogP contribution is -2.55. The van der Waals surface area contributed by atoms with E-state index in [1.54, 1.807) is 6.07 Å². The molecule has 1 aliphatic heterocycles. The van der Waals surface area contributed by atoms with E-state index in [0.717, 1.165) is 0 Å². The molecule has 10 nitrogen and oxygen atoms in total. The van der Waals surface area contributed by atoms with Crippen LogP contribution in [-0.4, -0.2) is 58.7 Å². The lowest BCUT2D eigenvalue weighted by molar-refractivity contribution is 0.0314. The molecule has 3 atom stereocenters. The van der Waals surface area contributed by atoms with Crippen LogP contribution in [0.4, 0.5) is 36.7 Å². The average molecular weight is 528 g/mol. The second-order valence-corrected chi connectivity index (χ2v) is 9.24. The quantitative estimate of drug-likeness (QED) is 0.444. The number of aliphatic hydroxyl groups excluding tert-OH is 2. The Bertz CT molecular complexity index is 1350. The maximum Gasteiger partial charge on any atom is 0.330 e. The minimum Gasteiger partial charge on any atom is -0.497 e. The van der Waals surface area contributed by atoms with E-state index in [9.17, 15) is 19.4 Å². The van der Waals surface area contributed by atoms with Crippen molar-refractivity contribution in [1.29, 1.82) is 0 Å². The zero-order valence-electron chi connectivity index (χ0n) is 20.8. The molecule has 2 unspecified atom stereocenters. The highest BCUT2D eigenvalue weighted by molar-refractivity contribution is 6.06. The Morgan fingerprint density at radius 1 is 1.00 bits per heavy atom. The Morgan fingerprint density at radius 2 is 1.76 bits per heavy atom. The van der Waals surface area contributed by atoms with Crippen LogP contribution in [0.2, 0.25) is 0 Å². The number of rotatable bonds is 6. The predicted octanol–water partition coefficient (Wildman–Crippen LogP) is 3.74. The number of amides is 2. The zero-order valence-corrected chi connectivity index (χ0v) is 20.8. The minimum absolute atomic E-state index is 0.00358. The summed E-state index contributed by atoms with van der Waals surface area (Å²) >= 11 is 0. The molecule has 1 fully saturated rings. The van der Waals surface area contributed by atoms with Gasteiger partial charge in [0, 0.05) is 35.6 Å². The fourth-order valence-corrected chi connectivity index (χ4v) is 4.90. The summed E-state index contributed by atoms with van der Waals surface area (Å²) in [6.45, 7) is -0.00358. The third-order valence-corrected chi connectivity index (χ3v) is 6.69. The number of aromatic nitrogens is 2. The average Bonchev–Trinajstić information content (AvgIpc) is 2.89. The van der Waals surface area contributed by atoms with Gasteiger partial charge in [0.05, 0.1) is 38.7 Å². The number of fused-ring (bicyclic) bond motifs is 1. The Morgan fingerprint density at radius 3 is 2.45 bits per heavy atom. The lowest BCUT2D eigenvalue weighted by atomic mass is 9.89. The summed E-state index contributed by atoms with van der Waals surface area (Å²) in [5, 5.41) is 23.7. The van der Waals surface area contributed by atoms with Crippen molar-refractivity contribution in [3.05, 3.63) is 59.8 Å². The van der Waals surface area contributed by atoms with E-state index in [1.807, 2.05) is 0 Å². The topological polar surface area (TPSA) is 120 Å². The first-order valence-corrected chi connectivity index (χ1v) is 12.0. The van der Waals surface area contributed by atoms with E-state index in [-0.39, 0.29) is 49.0 Å². The molecule has 2 aliphatic rings. The zero-order chi connectivity index (χ0) is 27.0. The molecule has 1 aromatic heterocycles. The van der Waals surface area contributed by atoms with Gasteiger partial charge in [0.25, 0.3) is 0 Å². The molecular weight excluding hydrogens is 500 g/mol. The van der Waals surface area contributed by atoms with Gasteiger partial charge in [0.2, 0.25) is 5.95 Å². The summed E-state index contributed by atoms with van der Waals surface area (Å²) in [4.78, 5) is 25.4. The predicted molar refractivity (Wildman–Crippen MR) is 135 cm³/mol. The second-order valence-electron chi connectivity index (χ2n) is 9.24. The number of aliphatic hydroxyl groups is 2. The molecule has 38 heavy (non-hydrogen) atoms. The number of halogens is 2. The van der Waals surface area contributed by atoms with E-state index < -0.39 is 35.9 Å². The number of hydrogen-bond acceptors (Lipinski definition) is 8. The number of carbonyl (C=O) groups excluding carboxylic acids is 1. The fourth-order valence-electron chi connectivity index (χ4n) is 4.90. The molecule has 0 saturated heterocycles. The third kappa shape index (κ3) is 4.92. The summed E-state index contributed by atoms with van der Waals surface area (Å²) < 4.78 is 38.9. The fraction of sp³-hybridized carbons (Fsp3) is 0.346. The van der Waals surface area contributed by atoms with Crippen molar-refractivity contribution in [2.45, 2.75) is 44.1 Å². The molecular formula is C26H27F2N5O5. The van der Waals surface area contributed by atoms with Crippen molar-refractivity contribution >= 4 is 29.2 Å². The van der Waals surface area contributed by atoms with Gasteiger partial charge in [-0.1, -0.05) is 0 Å². The number of ether oxygens (including phenoxy) is 2. The molecule has 3 N–H and O–H groups in total. The number of urea groups is 1. The van der Waals surface area contributed by atoms with Crippen molar-refractivity contribution in [2.24, 2.45) is 0 Å². The summed E-state index contributed by atoms with van der Waals surface area (Å²) in [7, 11) is 2.77. The van der Waals surface area contributed by atoms with Crippen molar-refractivity contribution in [3.8, 4) is 11.5 Å². The normalized spacial score (nSPS) is 21.2. The van der Waals surface area contributed by atoms with Crippen LogP contribution >= 0.6 is 0 Å². The van der Waals surface area contributed by atoms with Crippen LogP contribution in [0, 0.1) is 11.6 Å². The highest BCUT2D eigenvalue weighted by Crippen LogP contribution is 2.37. The van der Waals surface area contributed by atoms with Crippen molar-refractivity contribution in [1.82, 2.24) is 9.97 Å². The molecule has 0 spiro atoms. The molecule has 3 aromatic rings. The first-order chi connectivity index (χ1) is 18.3. The molecule has 1 saturated carbocycles. The van der Waals surface area contributed by atoms with Gasteiger partial charge in [-0.15, -0.1) is 0 Å². The molecule has 0 radical (unpaired) electrons. The first kappa shape index (κ1) is 25.6. The summed E-state index contributed by atoms with van der Waals surface area (Å²) in [6.07, 6.45) is 0.505. The molecule has 2 heterocycles. The van der Waals surface area contributed by atoms with Crippen LogP contribution in [0.15, 0.2) is 42.6 Å². The number of methoxy groups -OCH3 is 2. The Hall–Kier alpha value is -4.03. The number of nitrogens with one attached hydrogen (secondary N) is 1. The highest BCUT2D eigenvalue weighted by Gasteiger charge is 2.41. The van der Waals surface area contributed by atoms with Gasteiger partial charge in [-0.05, 0) is 43.5 Å². The Kier molecular flexibility index (Phi) is 7.00. The van der Waals surface area contributed by atoms with Gasteiger partial charge in [0.15, 0.2) is 17.4 Å². The number of carbonyl (C=O) groups is 1. The number of nitrogens with zero attached hydrogens (tertiary/aromatic N) is 4. The van der Waals surface area contributed by atoms with E-state index >= 15 is 4.39 Å². The van der Waals surface area contributed by atoms with E-state index in [4.69, 9.17) is 9.47 Å². The third-order valence-electron chi connectivity index (χ3n) is 6.69. The summed E-state index contributed by atoms with van der Waals surface area (Å²) in [5.74, 6) is -0.417. The van der Waals surface area contributed by atoms with Gasteiger partial charge < -0.3 is 25.0 Å². The Balaban J connectivity index is 1.54. The van der Waals surface area contributed by atoms with Crippen LogP contribution in [0.25, 0.3) is 0 Å². The van der Waals surface area contributed by atoms with Crippen molar-refractivity contribution < 1.29 is 33.3 Å². The van der Waals surface area contributed by atoms with Crippen molar-refractivity contribution in [2.75, 3.05) is 29.3 Å². The van der Waals surface area contributed by atoms with Gasteiger partial charge >= 0.3 is 6.03 Å². The van der Waals surface area contributed by atoms with E-state index in [2.05, 4.69) is 15.3 Å². The molecule has 12 heteroatoms. The highest BCUT2D eigenvalue weighted by atomic mass is 19.1. The van der Waals surface area contributed by atoms with Crippen molar-refractivity contribution in [3.63, 3.8) is 0 Å². The standard InChI is InChI=1S/C26H27F2N5O5/c1-37-19-4-6-22(21(28)11-19)32-13-14-12-29-25(30-15-3-5-20(27)23(7-15)38-2)31-24(14)33(26(32)36)16-8-17(34)10-18(35)9-16/h3-7,11-12,16-18,34-35H,8-10,13H2,1-2H3,(H,29,30,31)/t16?,17-,18?/m0/s1. The first-order valence-electron chi connectivity index (χ1n) is 12.0. The maximum absolute atomic E-state index is 15.0. The van der Waals surface area contributed by atoms with Crippen LogP contribution < -0.4 is 24.6 Å². The van der Waals surface area contributed by atoms with Crippen LogP contribution in [0.5, 0.6) is 11.5 Å². The SMILES string of the molecule is COc1ccc(N2Cc3cnc(Nc4ccc(F)c(OC)c4)nc3N(C3CC(O)C[C@@H](O)C3)C2=O)c(F)c1. The van der Waals surface area contributed by atoms with Gasteiger partial charge in [-0.3, -0.25) is 9.80 Å². The summed E-state index contributed by atoms with van der Waals surface area (Å²) in [5.41, 5.74) is 1.04. The van der Waals surface area contributed by atoms with E-state index in [0.29, 0.717) is 17.0 Å². The summed E-state index contributed by atoms with van der Waals surface area (Å²) in [6, 6.07) is 7.23. The van der Waals surface area contributed by atoms with Crippen LogP contribution in [0.1, 0.15) is 24.8 Å². The number of hydrogen-bond donors (Lipinski definition) is 3. The van der Waals surface area contributed by atoms with Crippen LogP contribution in [-0.2, 0) is 6.54 Å². The van der Waals surface area contributed by atoms with Gasteiger partial charge in [0.1, 0.15) is 11.6 Å². The van der Waals surface area contributed by atoms with Gasteiger partial charge in [-0.25, -0.2) is 18.6 Å². The lowest BCUT2D eigenvalue weighted by Gasteiger charge is -2.43. The van der Waals surface area contributed by atoms with E-state index in [1.165, 1.54) is 60.5 Å². The Labute approximate surface area is 217 Å². The molecule has 200 valence electrons. The molecule has 5 rings (SSSR count). The minimum atomic E-state index is -0.820. The second kappa shape index (κ2) is 10.4. The molecule has 2 amide bonds.